The van der Waals surface area contributed by atoms with E-state index in [0.29, 0.717) is 6.04 Å². The molecule has 0 aliphatic carbocycles. The fourth-order valence-corrected chi connectivity index (χ4v) is 2.93. The van der Waals surface area contributed by atoms with Crippen LogP contribution < -0.4 is 0 Å². The van der Waals surface area contributed by atoms with E-state index in [9.17, 15) is 5.26 Å². The SMILES string of the molecule is CC(C)N(Cc1cccs1)CC(C#N)c1ccccc1. The molecule has 0 saturated carbocycles. The van der Waals surface area contributed by atoms with E-state index in [2.05, 4.69) is 42.3 Å². The van der Waals surface area contributed by atoms with Gasteiger partial charge in [0, 0.05) is 24.0 Å². The molecule has 0 aliphatic rings. The summed E-state index contributed by atoms with van der Waals surface area (Å²) in [6.45, 7) is 6.07. The molecule has 1 unspecified atom stereocenters. The van der Waals surface area contributed by atoms with Gasteiger partial charge in [-0.05, 0) is 30.9 Å². The maximum absolute atomic E-state index is 9.46. The number of hydrogen-bond donors (Lipinski definition) is 0. The molecule has 0 radical (unpaired) electrons. The highest BCUT2D eigenvalue weighted by Crippen LogP contribution is 2.20. The average molecular weight is 284 g/mol. The van der Waals surface area contributed by atoms with E-state index in [0.717, 1.165) is 18.7 Å². The number of nitriles is 1. The summed E-state index contributed by atoms with van der Waals surface area (Å²) >= 11 is 1.77. The Bertz CT molecular complexity index is 540. The van der Waals surface area contributed by atoms with Crippen LogP contribution in [0.25, 0.3) is 0 Å². The monoisotopic (exact) mass is 284 g/mol. The predicted octanol–water partition coefficient (Wildman–Crippen LogP) is 4.27. The van der Waals surface area contributed by atoms with Crippen molar-refractivity contribution in [3.63, 3.8) is 0 Å². The second-order valence-corrected chi connectivity index (χ2v) is 6.23. The van der Waals surface area contributed by atoms with E-state index in [4.69, 9.17) is 0 Å². The van der Waals surface area contributed by atoms with Crippen LogP contribution in [0.4, 0.5) is 0 Å². The van der Waals surface area contributed by atoms with E-state index >= 15 is 0 Å². The minimum atomic E-state index is -0.0708. The van der Waals surface area contributed by atoms with Gasteiger partial charge in [0.2, 0.25) is 0 Å². The van der Waals surface area contributed by atoms with Crippen molar-refractivity contribution in [2.45, 2.75) is 32.4 Å². The van der Waals surface area contributed by atoms with Crippen LogP contribution in [0.2, 0.25) is 0 Å². The Morgan fingerprint density at radius 2 is 1.90 bits per heavy atom. The first-order chi connectivity index (χ1) is 9.70. The van der Waals surface area contributed by atoms with Gasteiger partial charge in [-0.25, -0.2) is 0 Å². The van der Waals surface area contributed by atoms with E-state index in [1.807, 2.05) is 30.3 Å². The number of hydrogen-bond acceptors (Lipinski definition) is 3. The lowest BCUT2D eigenvalue weighted by Gasteiger charge is -2.28. The predicted molar refractivity (Wildman–Crippen MR) is 84.7 cm³/mol. The number of rotatable bonds is 6. The van der Waals surface area contributed by atoms with E-state index < -0.39 is 0 Å². The molecule has 0 amide bonds. The Hall–Kier alpha value is -1.63. The minimum Gasteiger partial charge on any atom is -0.294 e. The van der Waals surface area contributed by atoms with E-state index in [1.165, 1.54) is 4.88 Å². The standard InChI is InChI=1S/C17H20N2S/c1-14(2)19(13-17-9-6-10-20-17)12-16(11-18)15-7-4-3-5-8-15/h3-10,14,16H,12-13H2,1-2H3. The molecule has 0 spiro atoms. The molecule has 1 aromatic heterocycles. The zero-order valence-corrected chi connectivity index (χ0v) is 12.8. The molecular weight excluding hydrogens is 264 g/mol. The summed E-state index contributed by atoms with van der Waals surface area (Å²) < 4.78 is 0. The van der Waals surface area contributed by atoms with Gasteiger partial charge in [0.05, 0.1) is 12.0 Å². The van der Waals surface area contributed by atoms with Gasteiger partial charge in [-0.15, -0.1) is 11.3 Å². The van der Waals surface area contributed by atoms with Crippen molar-refractivity contribution in [1.82, 2.24) is 4.90 Å². The van der Waals surface area contributed by atoms with Crippen molar-refractivity contribution in [3.8, 4) is 6.07 Å². The zero-order chi connectivity index (χ0) is 14.4. The molecule has 2 nitrogen and oxygen atoms in total. The van der Waals surface area contributed by atoms with Gasteiger partial charge < -0.3 is 0 Å². The second kappa shape index (κ2) is 7.23. The fraction of sp³-hybridized carbons (Fsp3) is 0.353. The minimum absolute atomic E-state index is 0.0708. The first kappa shape index (κ1) is 14.8. The Labute approximate surface area is 125 Å². The second-order valence-electron chi connectivity index (χ2n) is 5.19. The van der Waals surface area contributed by atoms with Crippen molar-refractivity contribution < 1.29 is 0 Å². The Morgan fingerprint density at radius 1 is 1.15 bits per heavy atom. The Balaban J connectivity index is 2.09. The van der Waals surface area contributed by atoms with Gasteiger partial charge in [0.1, 0.15) is 0 Å². The summed E-state index contributed by atoms with van der Waals surface area (Å²) in [5, 5.41) is 11.6. The third-order valence-electron chi connectivity index (χ3n) is 3.44. The molecule has 0 bridgehead atoms. The molecule has 1 aromatic carbocycles. The summed E-state index contributed by atoms with van der Waals surface area (Å²) in [7, 11) is 0. The first-order valence-corrected chi connectivity index (χ1v) is 7.79. The molecule has 1 heterocycles. The normalized spacial score (nSPS) is 12.6. The summed E-state index contributed by atoms with van der Waals surface area (Å²) in [4.78, 5) is 3.72. The van der Waals surface area contributed by atoms with E-state index in [1.54, 1.807) is 11.3 Å². The molecule has 104 valence electrons. The molecule has 0 aliphatic heterocycles. The molecule has 0 fully saturated rings. The molecule has 20 heavy (non-hydrogen) atoms. The molecule has 2 rings (SSSR count). The van der Waals surface area contributed by atoms with Crippen molar-refractivity contribution in [2.24, 2.45) is 0 Å². The van der Waals surface area contributed by atoms with Crippen LogP contribution in [0.3, 0.4) is 0 Å². The number of benzene rings is 1. The molecular formula is C17H20N2S. The zero-order valence-electron chi connectivity index (χ0n) is 12.0. The van der Waals surface area contributed by atoms with Gasteiger partial charge in [-0.1, -0.05) is 36.4 Å². The quantitative estimate of drug-likeness (QED) is 0.792. The lowest BCUT2D eigenvalue weighted by molar-refractivity contribution is 0.210. The smallest absolute Gasteiger partial charge is 0.0839 e. The van der Waals surface area contributed by atoms with Gasteiger partial charge in [-0.3, -0.25) is 4.90 Å². The highest BCUT2D eigenvalue weighted by atomic mass is 32.1. The van der Waals surface area contributed by atoms with Gasteiger partial charge in [0.15, 0.2) is 0 Å². The molecule has 3 heteroatoms. The summed E-state index contributed by atoms with van der Waals surface area (Å²) in [5.74, 6) is -0.0708. The fourth-order valence-electron chi connectivity index (χ4n) is 2.20. The highest BCUT2D eigenvalue weighted by Gasteiger charge is 2.18. The third-order valence-corrected chi connectivity index (χ3v) is 4.31. The maximum Gasteiger partial charge on any atom is 0.0839 e. The molecule has 0 saturated heterocycles. The Morgan fingerprint density at radius 3 is 2.45 bits per heavy atom. The average Bonchev–Trinajstić information content (AvgIpc) is 2.97. The van der Waals surface area contributed by atoms with Crippen LogP contribution in [0.15, 0.2) is 47.8 Å². The highest BCUT2D eigenvalue weighted by molar-refractivity contribution is 7.09. The van der Waals surface area contributed by atoms with Crippen LogP contribution in [-0.2, 0) is 6.54 Å². The topological polar surface area (TPSA) is 27.0 Å². The lowest BCUT2D eigenvalue weighted by Crippen LogP contribution is -2.33. The summed E-state index contributed by atoms with van der Waals surface area (Å²) in [6.07, 6.45) is 0. The maximum atomic E-state index is 9.46. The number of thiophene rings is 1. The largest absolute Gasteiger partial charge is 0.294 e. The van der Waals surface area contributed by atoms with Crippen LogP contribution in [-0.4, -0.2) is 17.5 Å². The lowest BCUT2D eigenvalue weighted by atomic mass is 9.99. The van der Waals surface area contributed by atoms with Crippen LogP contribution in [0.5, 0.6) is 0 Å². The van der Waals surface area contributed by atoms with E-state index in [-0.39, 0.29) is 5.92 Å². The Kier molecular flexibility index (Phi) is 5.34. The molecule has 1 atom stereocenters. The van der Waals surface area contributed by atoms with Gasteiger partial charge >= 0.3 is 0 Å². The van der Waals surface area contributed by atoms with Crippen LogP contribution >= 0.6 is 11.3 Å². The third kappa shape index (κ3) is 3.93. The van der Waals surface area contributed by atoms with Crippen molar-refractivity contribution in [1.29, 1.82) is 5.26 Å². The summed E-state index contributed by atoms with van der Waals surface area (Å²) in [5.41, 5.74) is 1.10. The van der Waals surface area contributed by atoms with Crippen molar-refractivity contribution in [2.75, 3.05) is 6.54 Å². The molecule has 0 N–H and O–H groups in total. The van der Waals surface area contributed by atoms with Crippen molar-refractivity contribution >= 4 is 11.3 Å². The number of nitrogens with zero attached hydrogens (tertiary/aromatic N) is 2. The first-order valence-electron chi connectivity index (χ1n) is 6.91. The van der Waals surface area contributed by atoms with Crippen LogP contribution in [0, 0.1) is 11.3 Å². The van der Waals surface area contributed by atoms with Crippen LogP contribution in [0.1, 0.15) is 30.2 Å². The van der Waals surface area contributed by atoms with Gasteiger partial charge in [-0.2, -0.15) is 5.26 Å². The molecule has 2 aromatic rings. The van der Waals surface area contributed by atoms with Gasteiger partial charge in [0.25, 0.3) is 0 Å². The summed E-state index contributed by atoms with van der Waals surface area (Å²) in [6, 6.07) is 17.2. The van der Waals surface area contributed by atoms with Crippen molar-refractivity contribution in [3.05, 3.63) is 58.3 Å².